The van der Waals surface area contributed by atoms with E-state index in [0.717, 1.165) is 15.6 Å². The number of carbonyl (C=O) groups excluding carboxylic acids is 1. The van der Waals surface area contributed by atoms with E-state index >= 15 is 0 Å². The summed E-state index contributed by atoms with van der Waals surface area (Å²) in [5, 5.41) is 2.72. The number of carbonyl (C=O) groups is 1. The Labute approximate surface area is 113 Å². The van der Waals surface area contributed by atoms with Crippen LogP contribution >= 0.6 is 15.9 Å². The van der Waals surface area contributed by atoms with Crippen molar-refractivity contribution >= 4 is 22.0 Å². The highest BCUT2D eigenvalue weighted by molar-refractivity contribution is 9.10. The van der Waals surface area contributed by atoms with Crippen molar-refractivity contribution in [1.29, 1.82) is 0 Å². The maximum Gasteiger partial charge on any atom is 0.312 e. The molecule has 1 aromatic heterocycles. The van der Waals surface area contributed by atoms with Crippen LogP contribution < -0.4 is 11.1 Å². The number of primary amides is 1. The third kappa shape index (κ3) is 3.07. The molecule has 5 heteroatoms. The first kappa shape index (κ1) is 12.6. The fraction of sp³-hybridized carbons (Fsp3) is 0.0769. The molecule has 0 aliphatic carbocycles. The van der Waals surface area contributed by atoms with Crippen LogP contribution in [0.2, 0.25) is 0 Å². The molecule has 0 fully saturated rings. The molecule has 1 atom stereocenters. The van der Waals surface area contributed by atoms with Crippen LogP contribution in [0.25, 0.3) is 0 Å². The van der Waals surface area contributed by atoms with Crippen molar-refractivity contribution in [3.63, 3.8) is 0 Å². The van der Waals surface area contributed by atoms with Crippen molar-refractivity contribution < 1.29 is 4.79 Å². The Kier molecular flexibility index (Phi) is 3.94. The molecule has 2 amide bonds. The van der Waals surface area contributed by atoms with E-state index in [-0.39, 0.29) is 6.04 Å². The summed E-state index contributed by atoms with van der Waals surface area (Å²) in [6.07, 6.45) is 3.40. The second kappa shape index (κ2) is 5.64. The Bertz CT molecular complexity index is 545. The van der Waals surface area contributed by atoms with Gasteiger partial charge in [-0.05, 0) is 33.1 Å². The normalized spacial score (nSPS) is 11.8. The molecule has 0 saturated heterocycles. The van der Waals surface area contributed by atoms with Crippen LogP contribution in [0.3, 0.4) is 0 Å². The van der Waals surface area contributed by atoms with E-state index in [0.29, 0.717) is 0 Å². The van der Waals surface area contributed by atoms with Gasteiger partial charge in [0, 0.05) is 16.9 Å². The van der Waals surface area contributed by atoms with Gasteiger partial charge in [-0.2, -0.15) is 0 Å². The molecule has 3 N–H and O–H groups in total. The number of amides is 2. The fourth-order valence-electron chi connectivity index (χ4n) is 1.73. The minimum absolute atomic E-state index is 0.298. The first-order valence-electron chi connectivity index (χ1n) is 5.38. The maximum absolute atomic E-state index is 11.1. The van der Waals surface area contributed by atoms with Gasteiger partial charge in [0.2, 0.25) is 0 Å². The van der Waals surface area contributed by atoms with Gasteiger partial charge < -0.3 is 11.1 Å². The molecule has 18 heavy (non-hydrogen) atoms. The van der Waals surface area contributed by atoms with Gasteiger partial charge >= 0.3 is 6.03 Å². The number of halogens is 1. The zero-order valence-electron chi connectivity index (χ0n) is 9.51. The molecule has 0 saturated carbocycles. The first-order valence-corrected chi connectivity index (χ1v) is 6.17. The molecule has 0 bridgehead atoms. The fourth-order valence-corrected chi connectivity index (χ4v) is 2.12. The topological polar surface area (TPSA) is 68.0 Å². The monoisotopic (exact) mass is 305 g/mol. The van der Waals surface area contributed by atoms with Crippen LogP contribution in [0.4, 0.5) is 4.79 Å². The molecule has 92 valence electrons. The smallest absolute Gasteiger partial charge is 0.312 e. The number of nitrogens with one attached hydrogen (secondary N) is 1. The van der Waals surface area contributed by atoms with E-state index in [1.165, 1.54) is 0 Å². The van der Waals surface area contributed by atoms with Gasteiger partial charge in [-0.25, -0.2) is 4.79 Å². The first-order chi connectivity index (χ1) is 8.66. The van der Waals surface area contributed by atoms with E-state index in [9.17, 15) is 4.79 Å². The van der Waals surface area contributed by atoms with E-state index < -0.39 is 6.03 Å². The van der Waals surface area contributed by atoms with E-state index in [2.05, 4.69) is 26.2 Å². The molecule has 0 aliphatic heterocycles. The molecule has 1 aromatic carbocycles. The molecule has 2 aromatic rings. The third-order valence-corrected chi connectivity index (χ3v) is 2.91. The van der Waals surface area contributed by atoms with Crippen molar-refractivity contribution in [3.8, 4) is 0 Å². The molecule has 0 spiro atoms. The largest absolute Gasteiger partial charge is 0.352 e. The SMILES string of the molecule is NC(=O)NC(c1ccccc1)c1cncc(Br)c1. The van der Waals surface area contributed by atoms with Crippen LogP contribution in [0.5, 0.6) is 0 Å². The quantitative estimate of drug-likeness (QED) is 0.915. The molecular weight excluding hydrogens is 294 g/mol. The van der Waals surface area contributed by atoms with Gasteiger partial charge in [-0.15, -0.1) is 0 Å². The summed E-state index contributed by atoms with van der Waals surface area (Å²) in [5.41, 5.74) is 7.05. The Morgan fingerprint density at radius 1 is 1.22 bits per heavy atom. The molecule has 1 unspecified atom stereocenters. The average molecular weight is 306 g/mol. The van der Waals surface area contributed by atoms with Gasteiger partial charge in [0.05, 0.1) is 6.04 Å². The van der Waals surface area contributed by atoms with E-state index in [4.69, 9.17) is 5.73 Å². The lowest BCUT2D eigenvalue weighted by Crippen LogP contribution is -2.33. The second-order valence-electron chi connectivity index (χ2n) is 3.79. The van der Waals surface area contributed by atoms with Crippen molar-refractivity contribution in [2.75, 3.05) is 0 Å². The average Bonchev–Trinajstić information content (AvgIpc) is 2.37. The summed E-state index contributed by atoms with van der Waals surface area (Å²) in [5.74, 6) is 0. The van der Waals surface area contributed by atoms with Crippen molar-refractivity contribution in [1.82, 2.24) is 10.3 Å². The van der Waals surface area contributed by atoms with Crippen LogP contribution in [-0.2, 0) is 0 Å². The number of nitrogens with zero attached hydrogens (tertiary/aromatic N) is 1. The number of nitrogens with two attached hydrogens (primary N) is 1. The molecular formula is C13H12BrN3O. The highest BCUT2D eigenvalue weighted by Gasteiger charge is 2.15. The number of benzene rings is 1. The standard InChI is InChI=1S/C13H12BrN3O/c14-11-6-10(7-16-8-11)12(17-13(15)18)9-4-2-1-3-5-9/h1-8,12H,(H3,15,17,18). The van der Waals surface area contributed by atoms with Crippen molar-refractivity contribution in [3.05, 3.63) is 64.4 Å². The molecule has 1 heterocycles. The molecule has 0 radical (unpaired) electrons. The predicted molar refractivity (Wildman–Crippen MR) is 72.9 cm³/mol. The van der Waals surface area contributed by atoms with E-state index in [1.54, 1.807) is 12.4 Å². The van der Waals surface area contributed by atoms with Crippen LogP contribution in [0, 0.1) is 0 Å². The van der Waals surface area contributed by atoms with Gasteiger partial charge in [0.1, 0.15) is 0 Å². The van der Waals surface area contributed by atoms with Crippen LogP contribution in [-0.4, -0.2) is 11.0 Å². The number of hydrogen-bond donors (Lipinski definition) is 2. The van der Waals surface area contributed by atoms with Crippen molar-refractivity contribution in [2.24, 2.45) is 5.73 Å². The number of aromatic nitrogens is 1. The Morgan fingerprint density at radius 3 is 2.56 bits per heavy atom. The summed E-state index contributed by atoms with van der Waals surface area (Å²) in [7, 11) is 0. The van der Waals surface area contributed by atoms with Crippen molar-refractivity contribution in [2.45, 2.75) is 6.04 Å². The highest BCUT2D eigenvalue weighted by atomic mass is 79.9. The molecule has 4 nitrogen and oxygen atoms in total. The Morgan fingerprint density at radius 2 is 1.94 bits per heavy atom. The number of rotatable bonds is 3. The summed E-state index contributed by atoms with van der Waals surface area (Å²) < 4.78 is 0.854. The zero-order valence-corrected chi connectivity index (χ0v) is 11.1. The predicted octanol–water partition coefficient (Wildman–Crippen LogP) is 2.60. The lowest BCUT2D eigenvalue weighted by atomic mass is 10.0. The summed E-state index contributed by atoms with van der Waals surface area (Å²) >= 11 is 3.36. The molecule has 0 aliphatic rings. The van der Waals surface area contributed by atoms with Gasteiger partial charge in [0.25, 0.3) is 0 Å². The molecule has 2 rings (SSSR count). The summed E-state index contributed by atoms with van der Waals surface area (Å²) in [6.45, 7) is 0. The minimum atomic E-state index is -0.566. The number of urea groups is 1. The summed E-state index contributed by atoms with van der Waals surface area (Å²) in [6, 6.07) is 10.7. The Balaban J connectivity index is 2.40. The van der Waals surface area contributed by atoms with Gasteiger partial charge in [-0.1, -0.05) is 30.3 Å². The minimum Gasteiger partial charge on any atom is -0.352 e. The third-order valence-electron chi connectivity index (χ3n) is 2.48. The second-order valence-corrected chi connectivity index (χ2v) is 4.70. The van der Waals surface area contributed by atoms with E-state index in [1.807, 2.05) is 36.4 Å². The Hall–Kier alpha value is -1.88. The highest BCUT2D eigenvalue weighted by Crippen LogP contribution is 2.23. The van der Waals surface area contributed by atoms with Crippen LogP contribution in [0.15, 0.2) is 53.3 Å². The lowest BCUT2D eigenvalue weighted by Gasteiger charge is -2.18. The van der Waals surface area contributed by atoms with Crippen LogP contribution in [0.1, 0.15) is 17.2 Å². The number of hydrogen-bond acceptors (Lipinski definition) is 2. The lowest BCUT2D eigenvalue weighted by molar-refractivity contribution is 0.247. The van der Waals surface area contributed by atoms with Gasteiger partial charge in [0.15, 0.2) is 0 Å². The summed E-state index contributed by atoms with van der Waals surface area (Å²) in [4.78, 5) is 15.2. The van der Waals surface area contributed by atoms with Gasteiger partial charge in [-0.3, -0.25) is 4.98 Å². The maximum atomic E-state index is 11.1. The zero-order chi connectivity index (χ0) is 13.0. The number of pyridine rings is 1.